The molecular formula is C20H25F2N3O2. The van der Waals surface area contributed by atoms with Crippen LogP contribution in [0, 0.1) is 6.92 Å². The van der Waals surface area contributed by atoms with Gasteiger partial charge in [0.25, 0.3) is 0 Å². The second-order valence-corrected chi connectivity index (χ2v) is 6.03. The normalized spacial score (nSPS) is 11.5. The van der Waals surface area contributed by atoms with Crippen LogP contribution in [0.3, 0.4) is 0 Å². The van der Waals surface area contributed by atoms with Crippen molar-refractivity contribution in [2.75, 3.05) is 13.1 Å². The Hall–Kier alpha value is -2.83. The van der Waals surface area contributed by atoms with Gasteiger partial charge in [0.05, 0.1) is 6.54 Å². The minimum absolute atomic E-state index is 0.134. The molecule has 7 heteroatoms. The molecule has 0 saturated carbocycles. The molecule has 0 atom stereocenters. The number of ether oxygens (including phenoxy) is 1. The number of nitrogens with zero attached hydrogens (tertiary/aromatic N) is 1. The van der Waals surface area contributed by atoms with Gasteiger partial charge in [0, 0.05) is 18.7 Å². The zero-order valence-electron chi connectivity index (χ0n) is 15.5. The molecule has 0 radical (unpaired) electrons. The molecule has 27 heavy (non-hydrogen) atoms. The first-order valence-electron chi connectivity index (χ1n) is 8.82. The first-order chi connectivity index (χ1) is 13.0. The quantitative estimate of drug-likeness (QED) is 0.486. The molecule has 0 heterocycles. The monoisotopic (exact) mass is 377 g/mol. The van der Waals surface area contributed by atoms with E-state index in [4.69, 9.17) is 0 Å². The largest absolute Gasteiger partial charge is 0.508 e. The first kappa shape index (κ1) is 20.5. The minimum atomic E-state index is -2.87. The Bertz CT molecular complexity index is 767. The second kappa shape index (κ2) is 10.4. The van der Waals surface area contributed by atoms with E-state index >= 15 is 0 Å². The summed E-state index contributed by atoms with van der Waals surface area (Å²) in [6, 6.07) is 12.1. The molecule has 0 aliphatic heterocycles. The van der Waals surface area contributed by atoms with Crippen LogP contribution in [0.1, 0.15) is 23.6 Å². The second-order valence-electron chi connectivity index (χ2n) is 6.03. The lowest BCUT2D eigenvalue weighted by Crippen LogP contribution is -2.38. The SMILES string of the molecule is CCNC(=NCc1cc(C)ccc1OC(F)F)NCCc1cccc(O)c1. The van der Waals surface area contributed by atoms with Crippen LogP contribution in [0.5, 0.6) is 11.5 Å². The van der Waals surface area contributed by atoms with E-state index in [1.807, 2.05) is 19.9 Å². The standard InChI is InChI=1S/C20H25F2N3O2/c1-3-23-20(24-10-9-15-5-4-6-17(26)12-15)25-13-16-11-14(2)7-8-18(16)27-19(21)22/h4-8,11-12,19,26H,3,9-10,13H2,1-2H3,(H2,23,24,25). The maximum absolute atomic E-state index is 12.6. The molecule has 3 N–H and O–H groups in total. The summed E-state index contributed by atoms with van der Waals surface area (Å²) in [6.07, 6.45) is 0.711. The number of guanidine groups is 1. The zero-order valence-corrected chi connectivity index (χ0v) is 15.5. The highest BCUT2D eigenvalue weighted by Gasteiger charge is 2.10. The van der Waals surface area contributed by atoms with Gasteiger partial charge < -0.3 is 20.5 Å². The molecule has 0 aliphatic carbocycles. The average molecular weight is 377 g/mol. The summed E-state index contributed by atoms with van der Waals surface area (Å²) >= 11 is 0. The number of rotatable bonds is 8. The van der Waals surface area contributed by atoms with E-state index in [-0.39, 0.29) is 18.0 Å². The Balaban J connectivity index is 2.01. The van der Waals surface area contributed by atoms with E-state index in [1.165, 1.54) is 6.07 Å². The van der Waals surface area contributed by atoms with Crippen molar-refractivity contribution in [3.63, 3.8) is 0 Å². The average Bonchev–Trinajstić information content (AvgIpc) is 2.61. The number of aryl methyl sites for hydroxylation is 1. The third-order valence-corrected chi connectivity index (χ3v) is 3.80. The number of benzene rings is 2. The van der Waals surface area contributed by atoms with Gasteiger partial charge in [-0.3, -0.25) is 0 Å². The van der Waals surface area contributed by atoms with Crippen LogP contribution >= 0.6 is 0 Å². The number of phenolic OH excluding ortho intramolecular Hbond substituents is 1. The summed E-state index contributed by atoms with van der Waals surface area (Å²) in [5.41, 5.74) is 2.55. The van der Waals surface area contributed by atoms with Crippen LogP contribution in [-0.4, -0.2) is 30.8 Å². The van der Waals surface area contributed by atoms with Gasteiger partial charge >= 0.3 is 6.61 Å². The van der Waals surface area contributed by atoms with Gasteiger partial charge in [-0.25, -0.2) is 4.99 Å². The van der Waals surface area contributed by atoms with Crippen molar-refractivity contribution in [2.45, 2.75) is 33.4 Å². The predicted molar refractivity (Wildman–Crippen MR) is 102 cm³/mol. The molecule has 2 rings (SSSR count). The molecule has 0 unspecified atom stereocenters. The van der Waals surface area contributed by atoms with Crippen molar-refractivity contribution in [1.29, 1.82) is 0 Å². The molecule has 146 valence electrons. The van der Waals surface area contributed by atoms with E-state index in [1.54, 1.807) is 30.3 Å². The van der Waals surface area contributed by atoms with E-state index in [0.717, 1.165) is 11.1 Å². The number of phenols is 1. The number of nitrogens with one attached hydrogen (secondary N) is 2. The molecule has 5 nitrogen and oxygen atoms in total. The third-order valence-electron chi connectivity index (χ3n) is 3.80. The first-order valence-corrected chi connectivity index (χ1v) is 8.82. The number of aromatic hydroxyl groups is 1. The van der Waals surface area contributed by atoms with Crippen molar-refractivity contribution >= 4 is 5.96 Å². The maximum Gasteiger partial charge on any atom is 0.387 e. The summed E-state index contributed by atoms with van der Waals surface area (Å²) in [5.74, 6) is 0.955. The van der Waals surface area contributed by atoms with Crippen molar-refractivity contribution < 1.29 is 18.6 Å². The lowest BCUT2D eigenvalue weighted by molar-refractivity contribution is -0.0504. The summed E-state index contributed by atoms with van der Waals surface area (Å²) in [4.78, 5) is 4.46. The van der Waals surface area contributed by atoms with Gasteiger partial charge in [0.1, 0.15) is 11.5 Å². The maximum atomic E-state index is 12.6. The van der Waals surface area contributed by atoms with Gasteiger partial charge in [-0.1, -0.05) is 29.8 Å². The highest BCUT2D eigenvalue weighted by molar-refractivity contribution is 5.79. The molecule has 0 aliphatic rings. The van der Waals surface area contributed by atoms with Gasteiger partial charge in [-0.2, -0.15) is 8.78 Å². The van der Waals surface area contributed by atoms with Gasteiger partial charge in [-0.15, -0.1) is 0 Å². The number of alkyl halides is 2. The molecule has 0 bridgehead atoms. The molecule has 0 saturated heterocycles. The highest BCUT2D eigenvalue weighted by Crippen LogP contribution is 2.22. The number of hydrogen-bond donors (Lipinski definition) is 3. The summed E-state index contributed by atoms with van der Waals surface area (Å²) in [7, 11) is 0. The number of halogens is 2. The van der Waals surface area contributed by atoms with Crippen LogP contribution in [0.2, 0.25) is 0 Å². The van der Waals surface area contributed by atoms with E-state index in [0.29, 0.717) is 31.0 Å². The molecule has 0 spiro atoms. The van der Waals surface area contributed by atoms with E-state index < -0.39 is 6.61 Å². The molecular weight excluding hydrogens is 352 g/mol. The molecule has 0 aromatic heterocycles. The Labute approximate surface area is 158 Å². The molecule has 0 fully saturated rings. The van der Waals surface area contributed by atoms with Crippen LogP contribution in [-0.2, 0) is 13.0 Å². The van der Waals surface area contributed by atoms with E-state index in [9.17, 15) is 13.9 Å². The fourth-order valence-corrected chi connectivity index (χ4v) is 2.59. The van der Waals surface area contributed by atoms with Gasteiger partial charge in [-0.05, 0) is 44.0 Å². The minimum Gasteiger partial charge on any atom is -0.508 e. The summed E-state index contributed by atoms with van der Waals surface area (Å²) in [5, 5.41) is 15.8. The van der Waals surface area contributed by atoms with Crippen LogP contribution in [0.15, 0.2) is 47.5 Å². The Kier molecular flexibility index (Phi) is 7.85. The highest BCUT2D eigenvalue weighted by atomic mass is 19.3. The van der Waals surface area contributed by atoms with Crippen molar-refractivity contribution in [2.24, 2.45) is 4.99 Å². The fourth-order valence-electron chi connectivity index (χ4n) is 2.59. The predicted octanol–water partition coefficient (Wildman–Crippen LogP) is 3.60. The van der Waals surface area contributed by atoms with Crippen LogP contribution < -0.4 is 15.4 Å². The van der Waals surface area contributed by atoms with Gasteiger partial charge in [0.2, 0.25) is 0 Å². The Morgan fingerprint density at radius 2 is 2.00 bits per heavy atom. The number of aliphatic imine (C=N–C) groups is 1. The number of hydrogen-bond acceptors (Lipinski definition) is 3. The Morgan fingerprint density at radius 1 is 1.19 bits per heavy atom. The Morgan fingerprint density at radius 3 is 2.70 bits per heavy atom. The van der Waals surface area contributed by atoms with Crippen molar-refractivity contribution in [1.82, 2.24) is 10.6 Å². The molecule has 2 aromatic rings. The molecule has 2 aromatic carbocycles. The van der Waals surface area contributed by atoms with Crippen LogP contribution in [0.4, 0.5) is 8.78 Å². The summed E-state index contributed by atoms with van der Waals surface area (Å²) < 4.78 is 29.7. The topological polar surface area (TPSA) is 65.9 Å². The fraction of sp³-hybridized carbons (Fsp3) is 0.350. The third kappa shape index (κ3) is 7.13. The molecule has 0 amide bonds. The smallest absolute Gasteiger partial charge is 0.387 e. The lowest BCUT2D eigenvalue weighted by Gasteiger charge is -2.13. The zero-order chi connectivity index (χ0) is 19.6. The van der Waals surface area contributed by atoms with Crippen LogP contribution in [0.25, 0.3) is 0 Å². The lowest BCUT2D eigenvalue weighted by atomic mass is 10.1. The van der Waals surface area contributed by atoms with Gasteiger partial charge in [0.15, 0.2) is 5.96 Å². The van der Waals surface area contributed by atoms with Crippen molar-refractivity contribution in [3.8, 4) is 11.5 Å². The van der Waals surface area contributed by atoms with E-state index in [2.05, 4.69) is 20.4 Å². The van der Waals surface area contributed by atoms with Crippen molar-refractivity contribution in [3.05, 3.63) is 59.2 Å². The summed E-state index contributed by atoms with van der Waals surface area (Å²) in [6.45, 7) is 2.47.